The van der Waals surface area contributed by atoms with E-state index in [-0.39, 0.29) is 17.2 Å². The van der Waals surface area contributed by atoms with Gasteiger partial charge in [-0.15, -0.1) is 6.58 Å². The van der Waals surface area contributed by atoms with E-state index in [1.165, 1.54) is 17.1 Å². The van der Waals surface area contributed by atoms with E-state index in [0.717, 1.165) is 5.56 Å². The molecule has 0 saturated carbocycles. The number of nitrogens with zero attached hydrogens (tertiary/aromatic N) is 1. The Morgan fingerprint density at radius 3 is 2.60 bits per heavy atom. The van der Waals surface area contributed by atoms with Gasteiger partial charge in [0, 0.05) is 17.1 Å². The maximum absolute atomic E-state index is 12.5. The van der Waals surface area contributed by atoms with Gasteiger partial charge in [-0.25, -0.2) is 0 Å². The summed E-state index contributed by atoms with van der Waals surface area (Å²) in [6.45, 7) is 3.79. The van der Waals surface area contributed by atoms with Gasteiger partial charge in [-0.3, -0.25) is 19.8 Å². The molecule has 1 aromatic carbocycles. The number of hydrogen-bond donors (Lipinski definition) is 1. The molecule has 0 atom stereocenters. The van der Waals surface area contributed by atoms with Crippen molar-refractivity contribution in [2.45, 2.75) is 0 Å². The Bertz CT molecular complexity index is 899. The number of carbonyl (C=O) groups is 2. The van der Waals surface area contributed by atoms with E-state index in [1.54, 1.807) is 24.3 Å². The molecule has 3 rings (SSSR count). The quantitative estimate of drug-likeness (QED) is 0.386. The average molecular weight is 373 g/mol. The summed E-state index contributed by atoms with van der Waals surface area (Å²) < 4.78 is 5.71. The number of rotatable bonds is 4. The number of carbonyl (C=O) groups excluding carboxylic acids is 2. The van der Waals surface area contributed by atoms with Gasteiger partial charge in [0.25, 0.3) is 11.8 Å². The van der Waals surface area contributed by atoms with Crippen LogP contribution in [0.25, 0.3) is 17.4 Å². The summed E-state index contributed by atoms with van der Waals surface area (Å²) in [6, 6.07) is 10.6. The molecule has 1 aliphatic rings. The Hall–Kier alpha value is -2.70. The van der Waals surface area contributed by atoms with Gasteiger partial charge in [-0.05, 0) is 54.7 Å². The molecule has 0 bridgehead atoms. The molecule has 1 saturated heterocycles. The fourth-order valence-electron chi connectivity index (χ4n) is 2.33. The molecule has 1 N–H and O–H groups in total. The van der Waals surface area contributed by atoms with E-state index >= 15 is 0 Å². The number of benzene rings is 1. The van der Waals surface area contributed by atoms with Crippen LogP contribution >= 0.6 is 23.8 Å². The van der Waals surface area contributed by atoms with E-state index in [9.17, 15) is 9.59 Å². The second kappa shape index (κ2) is 7.04. The molecule has 5 nitrogen and oxygen atoms in total. The normalized spacial score (nSPS) is 16.3. The van der Waals surface area contributed by atoms with Crippen molar-refractivity contribution in [3.05, 3.63) is 65.4 Å². The molecular formula is C18H13ClN2O3S. The van der Waals surface area contributed by atoms with Crippen LogP contribution in [0.3, 0.4) is 0 Å². The first-order valence-corrected chi connectivity index (χ1v) is 8.14. The SMILES string of the molecule is C=CCN1C(=O)C(=Cc2ccc(-c3ccc(Cl)cc3)o2)C(=O)NC1=S. The van der Waals surface area contributed by atoms with Crippen LogP contribution in [0.15, 0.2) is 59.0 Å². The predicted molar refractivity (Wildman–Crippen MR) is 99.8 cm³/mol. The molecule has 2 aromatic rings. The molecule has 0 aliphatic carbocycles. The Morgan fingerprint density at radius 1 is 1.20 bits per heavy atom. The number of furan rings is 1. The third-order valence-corrected chi connectivity index (χ3v) is 4.11. The highest BCUT2D eigenvalue weighted by Gasteiger charge is 2.32. The van der Waals surface area contributed by atoms with Crippen LogP contribution in [0.1, 0.15) is 5.76 Å². The molecular weight excluding hydrogens is 360 g/mol. The molecule has 2 amide bonds. The van der Waals surface area contributed by atoms with Gasteiger partial charge in [0.1, 0.15) is 17.1 Å². The first kappa shape index (κ1) is 17.1. The largest absolute Gasteiger partial charge is 0.457 e. The van der Waals surface area contributed by atoms with Crippen LogP contribution in [0, 0.1) is 0 Å². The van der Waals surface area contributed by atoms with Crippen molar-refractivity contribution in [1.82, 2.24) is 10.2 Å². The summed E-state index contributed by atoms with van der Waals surface area (Å²) in [4.78, 5) is 25.8. The summed E-state index contributed by atoms with van der Waals surface area (Å²) in [5, 5.41) is 3.17. The second-order valence-electron chi connectivity index (χ2n) is 5.23. The highest BCUT2D eigenvalue weighted by molar-refractivity contribution is 7.80. The molecule has 2 heterocycles. The van der Waals surface area contributed by atoms with E-state index in [0.29, 0.717) is 16.5 Å². The predicted octanol–water partition coefficient (Wildman–Crippen LogP) is 3.41. The van der Waals surface area contributed by atoms with E-state index in [1.807, 2.05) is 12.1 Å². The Balaban J connectivity index is 1.90. The van der Waals surface area contributed by atoms with Crippen molar-refractivity contribution in [1.29, 1.82) is 0 Å². The molecule has 1 aromatic heterocycles. The topological polar surface area (TPSA) is 62.6 Å². The number of nitrogens with one attached hydrogen (secondary N) is 1. The van der Waals surface area contributed by atoms with Crippen molar-refractivity contribution in [2.24, 2.45) is 0 Å². The van der Waals surface area contributed by atoms with Crippen LogP contribution in [0.2, 0.25) is 5.02 Å². The van der Waals surface area contributed by atoms with Crippen LogP contribution < -0.4 is 5.32 Å². The van der Waals surface area contributed by atoms with Crippen LogP contribution in [-0.2, 0) is 9.59 Å². The number of hydrogen-bond acceptors (Lipinski definition) is 4. The zero-order valence-electron chi connectivity index (χ0n) is 13.0. The molecule has 0 unspecified atom stereocenters. The molecule has 25 heavy (non-hydrogen) atoms. The van der Waals surface area contributed by atoms with Gasteiger partial charge in [0.05, 0.1) is 0 Å². The third kappa shape index (κ3) is 3.55. The maximum atomic E-state index is 12.5. The number of thiocarbonyl (C=S) groups is 1. The van der Waals surface area contributed by atoms with Crippen LogP contribution in [0.5, 0.6) is 0 Å². The van der Waals surface area contributed by atoms with E-state index in [2.05, 4.69) is 11.9 Å². The smallest absolute Gasteiger partial charge is 0.266 e. The lowest BCUT2D eigenvalue weighted by Crippen LogP contribution is -2.53. The molecule has 0 radical (unpaired) electrons. The minimum Gasteiger partial charge on any atom is -0.457 e. The first-order chi connectivity index (χ1) is 12.0. The summed E-state index contributed by atoms with van der Waals surface area (Å²) in [5.41, 5.74) is 0.787. The Kier molecular flexibility index (Phi) is 4.83. The van der Waals surface area contributed by atoms with Gasteiger partial charge in [-0.1, -0.05) is 17.7 Å². The Morgan fingerprint density at radius 2 is 1.92 bits per heavy atom. The molecule has 126 valence electrons. The Labute approximate surface area is 154 Å². The molecule has 1 aliphatic heterocycles. The van der Waals surface area contributed by atoms with Gasteiger partial charge in [0.2, 0.25) is 0 Å². The lowest BCUT2D eigenvalue weighted by atomic mass is 10.1. The van der Waals surface area contributed by atoms with Gasteiger partial charge < -0.3 is 4.42 Å². The fourth-order valence-corrected chi connectivity index (χ4v) is 2.71. The monoisotopic (exact) mass is 372 g/mol. The second-order valence-corrected chi connectivity index (χ2v) is 6.05. The first-order valence-electron chi connectivity index (χ1n) is 7.35. The van der Waals surface area contributed by atoms with E-state index < -0.39 is 11.8 Å². The lowest BCUT2D eigenvalue weighted by Gasteiger charge is -2.27. The highest BCUT2D eigenvalue weighted by Crippen LogP contribution is 2.25. The number of amides is 2. The zero-order valence-corrected chi connectivity index (χ0v) is 14.6. The maximum Gasteiger partial charge on any atom is 0.266 e. The van der Waals surface area contributed by atoms with Gasteiger partial charge in [0.15, 0.2) is 5.11 Å². The van der Waals surface area contributed by atoms with Crippen LogP contribution in [-0.4, -0.2) is 28.4 Å². The standard InChI is InChI=1S/C18H13ClN2O3S/c1-2-9-21-17(23)14(16(22)20-18(21)25)10-13-7-8-15(24-13)11-3-5-12(19)6-4-11/h2-8,10H,1,9H2,(H,20,22,25). The zero-order chi connectivity index (χ0) is 18.0. The molecule has 0 spiro atoms. The summed E-state index contributed by atoms with van der Waals surface area (Å²) >= 11 is 10.9. The van der Waals surface area contributed by atoms with E-state index in [4.69, 9.17) is 28.2 Å². The summed E-state index contributed by atoms with van der Waals surface area (Å²) in [5.74, 6) is -0.0571. The van der Waals surface area contributed by atoms with Gasteiger partial charge in [-0.2, -0.15) is 0 Å². The van der Waals surface area contributed by atoms with Crippen molar-refractivity contribution < 1.29 is 14.0 Å². The molecule has 7 heteroatoms. The van der Waals surface area contributed by atoms with Gasteiger partial charge >= 0.3 is 0 Å². The van der Waals surface area contributed by atoms with Crippen molar-refractivity contribution >= 4 is 46.8 Å². The van der Waals surface area contributed by atoms with Crippen LogP contribution in [0.4, 0.5) is 0 Å². The fraction of sp³-hybridized carbons (Fsp3) is 0.0556. The lowest BCUT2D eigenvalue weighted by molar-refractivity contribution is -0.128. The number of halogens is 1. The summed E-state index contributed by atoms with van der Waals surface area (Å²) in [7, 11) is 0. The average Bonchev–Trinajstić information content (AvgIpc) is 3.05. The van der Waals surface area contributed by atoms with Crippen molar-refractivity contribution in [3.63, 3.8) is 0 Å². The van der Waals surface area contributed by atoms with Crippen molar-refractivity contribution in [2.75, 3.05) is 6.54 Å². The third-order valence-electron chi connectivity index (χ3n) is 3.54. The highest BCUT2D eigenvalue weighted by atomic mass is 35.5. The van der Waals surface area contributed by atoms with Crippen molar-refractivity contribution in [3.8, 4) is 11.3 Å². The minimum absolute atomic E-state index is 0.0487. The summed E-state index contributed by atoms with van der Waals surface area (Å²) in [6.07, 6.45) is 2.93. The molecule has 1 fully saturated rings. The minimum atomic E-state index is -0.556.